The molecule has 6 heteroatoms. The van der Waals surface area contributed by atoms with Crippen LogP contribution in [0.15, 0.2) is 48.5 Å². The summed E-state index contributed by atoms with van der Waals surface area (Å²) in [7, 11) is 1.60. The minimum absolute atomic E-state index is 0.0742. The maximum atomic E-state index is 13.3. The summed E-state index contributed by atoms with van der Waals surface area (Å²) in [6.45, 7) is 4.20. The number of hydrogen-bond donors (Lipinski definition) is 1. The summed E-state index contributed by atoms with van der Waals surface area (Å²) in [5, 5.41) is 3.20. The van der Waals surface area contributed by atoms with E-state index in [1.807, 2.05) is 32.0 Å². The third kappa shape index (κ3) is 7.24. The smallest absolute Gasteiger partial charge is 0.261 e. The van der Waals surface area contributed by atoms with Crippen LogP contribution < -0.4 is 14.8 Å². The van der Waals surface area contributed by atoms with Crippen molar-refractivity contribution in [3.8, 4) is 11.5 Å². The number of amides is 2. The van der Waals surface area contributed by atoms with Crippen LogP contribution in [0.3, 0.4) is 0 Å². The number of rotatable bonds is 10. The van der Waals surface area contributed by atoms with Crippen molar-refractivity contribution in [3.63, 3.8) is 0 Å². The van der Waals surface area contributed by atoms with Crippen LogP contribution in [0.5, 0.6) is 11.5 Å². The Labute approximate surface area is 197 Å². The number of nitrogens with zero attached hydrogens (tertiary/aromatic N) is 1. The van der Waals surface area contributed by atoms with Gasteiger partial charge in [-0.05, 0) is 56.0 Å². The average Bonchev–Trinajstić information content (AvgIpc) is 2.83. The van der Waals surface area contributed by atoms with E-state index >= 15 is 0 Å². The maximum absolute atomic E-state index is 13.3. The van der Waals surface area contributed by atoms with E-state index in [-0.39, 0.29) is 24.5 Å². The molecule has 0 aromatic heterocycles. The Morgan fingerprint density at radius 1 is 1.06 bits per heavy atom. The van der Waals surface area contributed by atoms with Gasteiger partial charge in [0.1, 0.15) is 17.5 Å². The number of carbonyl (C=O) groups is 2. The Morgan fingerprint density at radius 2 is 1.76 bits per heavy atom. The van der Waals surface area contributed by atoms with Gasteiger partial charge in [0.15, 0.2) is 6.61 Å². The van der Waals surface area contributed by atoms with Gasteiger partial charge in [-0.15, -0.1) is 0 Å². The molecule has 0 spiro atoms. The molecule has 0 aliphatic heterocycles. The van der Waals surface area contributed by atoms with E-state index in [4.69, 9.17) is 9.47 Å². The molecule has 1 unspecified atom stereocenters. The van der Waals surface area contributed by atoms with Gasteiger partial charge in [-0.2, -0.15) is 0 Å². The molecule has 1 N–H and O–H groups in total. The topological polar surface area (TPSA) is 67.9 Å². The lowest BCUT2D eigenvalue weighted by Crippen LogP contribution is -2.52. The molecule has 1 saturated carbocycles. The van der Waals surface area contributed by atoms with Crippen LogP contribution in [0, 0.1) is 6.92 Å². The van der Waals surface area contributed by atoms with Gasteiger partial charge in [0.25, 0.3) is 5.91 Å². The Balaban J connectivity index is 1.74. The number of nitrogens with one attached hydrogen (secondary N) is 1. The average molecular weight is 453 g/mol. The summed E-state index contributed by atoms with van der Waals surface area (Å²) in [6, 6.07) is 14.8. The molecule has 1 aliphatic rings. The highest BCUT2D eigenvalue weighted by molar-refractivity contribution is 5.88. The number of ether oxygens (including phenoxy) is 2. The molecule has 1 aliphatic carbocycles. The summed E-state index contributed by atoms with van der Waals surface area (Å²) in [6.07, 6.45) is 6.07. The van der Waals surface area contributed by atoms with Crippen molar-refractivity contribution >= 4 is 11.8 Å². The lowest BCUT2D eigenvalue weighted by Gasteiger charge is -2.32. The van der Waals surface area contributed by atoms with E-state index in [9.17, 15) is 9.59 Å². The third-order valence-electron chi connectivity index (χ3n) is 6.19. The molecule has 0 bridgehead atoms. The molecule has 2 amide bonds. The van der Waals surface area contributed by atoms with Crippen molar-refractivity contribution in [2.45, 2.75) is 71.0 Å². The fourth-order valence-corrected chi connectivity index (χ4v) is 4.37. The van der Waals surface area contributed by atoms with Crippen molar-refractivity contribution in [2.24, 2.45) is 0 Å². The third-order valence-corrected chi connectivity index (χ3v) is 6.19. The Hall–Kier alpha value is -3.02. The van der Waals surface area contributed by atoms with Gasteiger partial charge in [0.05, 0.1) is 7.11 Å². The van der Waals surface area contributed by atoms with Crippen LogP contribution >= 0.6 is 0 Å². The number of benzene rings is 2. The molecule has 178 valence electrons. The van der Waals surface area contributed by atoms with Crippen molar-refractivity contribution in [2.75, 3.05) is 13.7 Å². The molecule has 3 rings (SSSR count). The summed E-state index contributed by atoms with van der Waals surface area (Å²) in [5.41, 5.74) is 2.12. The molecular formula is C27H36N2O4. The largest absolute Gasteiger partial charge is 0.497 e. The van der Waals surface area contributed by atoms with Gasteiger partial charge in [0.2, 0.25) is 5.91 Å². The maximum Gasteiger partial charge on any atom is 0.261 e. The van der Waals surface area contributed by atoms with Crippen LogP contribution in [-0.2, 0) is 16.1 Å². The fourth-order valence-electron chi connectivity index (χ4n) is 4.37. The predicted octanol–water partition coefficient (Wildman–Crippen LogP) is 4.64. The first kappa shape index (κ1) is 24.6. The molecule has 0 saturated heterocycles. The normalized spacial score (nSPS) is 14.9. The first-order chi connectivity index (χ1) is 16.0. The lowest BCUT2D eigenvalue weighted by molar-refractivity contribution is -0.143. The molecule has 1 atom stereocenters. The quantitative estimate of drug-likeness (QED) is 0.570. The lowest BCUT2D eigenvalue weighted by atomic mass is 9.95. The van der Waals surface area contributed by atoms with E-state index in [1.54, 1.807) is 36.3 Å². The van der Waals surface area contributed by atoms with Crippen molar-refractivity contribution in [3.05, 3.63) is 59.7 Å². The molecule has 2 aromatic rings. The molecule has 2 aromatic carbocycles. The van der Waals surface area contributed by atoms with E-state index in [0.717, 1.165) is 42.6 Å². The number of aryl methyl sites for hydroxylation is 1. The minimum Gasteiger partial charge on any atom is -0.497 e. The Bertz CT molecular complexity index is 907. The zero-order chi connectivity index (χ0) is 23.6. The molecule has 0 heterocycles. The van der Waals surface area contributed by atoms with E-state index in [1.165, 1.54) is 6.42 Å². The molecular weight excluding hydrogens is 416 g/mol. The van der Waals surface area contributed by atoms with Gasteiger partial charge in [-0.1, -0.05) is 56.0 Å². The van der Waals surface area contributed by atoms with Crippen LogP contribution in [0.1, 0.15) is 56.6 Å². The summed E-state index contributed by atoms with van der Waals surface area (Å²) in [4.78, 5) is 28.2. The second-order valence-corrected chi connectivity index (χ2v) is 8.74. The van der Waals surface area contributed by atoms with Crippen molar-refractivity contribution in [1.29, 1.82) is 0 Å². The first-order valence-electron chi connectivity index (χ1n) is 11.9. The minimum atomic E-state index is -0.542. The van der Waals surface area contributed by atoms with E-state index < -0.39 is 6.04 Å². The van der Waals surface area contributed by atoms with Gasteiger partial charge < -0.3 is 19.7 Å². The molecule has 33 heavy (non-hydrogen) atoms. The summed E-state index contributed by atoms with van der Waals surface area (Å²) >= 11 is 0. The predicted molar refractivity (Wildman–Crippen MR) is 129 cm³/mol. The van der Waals surface area contributed by atoms with Crippen molar-refractivity contribution < 1.29 is 19.1 Å². The molecule has 0 radical (unpaired) electrons. The fraction of sp³-hybridized carbons (Fsp3) is 0.481. The van der Waals surface area contributed by atoms with E-state index in [2.05, 4.69) is 11.4 Å². The Morgan fingerprint density at radius 3 is 2.39 bits per heavy atom. The number of hydrogen-bond acceptors (Lipinski definition) is 4. The van der Waals surface area contributed by atoms with Gasteiger partial charge in [-0.3, -0.25) is 9.59 Å². The second kappa shape index (κ2) is 12.3. The molecule has 6 nitrogen and oxygen atoms in total. The highest BCUT2D eigenvalue weighted by atomic mass is 16.5. The van der Waals surface area contributed by atoms with Gasteiger partial charge in [-0.25, -0.2) is 0 Å². The van der Waals surface area contributed by atoms with Crippen LogP contribution in [0.4, 0.5) is 0 Å². The zero-order valence-electron chi connectivity index (χ0n) is 20.0. The standard InChI is InChI=1S/C27H36N2O4/c1-4-25(27(31)28-22-11-6-5-7-12-22)29(18-21-10-8-9-20(2)17-21)26(30)19-33-24-15-13-23(32-3)14-16-24/h8-10,13-17,22,25H,4-7,11-12,18-19H2,1-3H3,(H,28,31). The van der Waals surface area contributed by atoms with Gasteiger partial charge in [0, 0.05) is 12.6 Å². The van der Waals surface area contributed by atoms with Crippen LogP contribution in [0.25, 0.3) is 0 Å². The SMILES string of the molecule is CCC(C(=O)NC1CCCCC1)N(Cc1cccc(C)c1)C(=O)COc1ccc(OC)cc1. The van der Waals surface area contributed by atoms with Gasteiger partial charge >= 0.3 is 0 Å². The summed E-state index contributed by atoms with van der Waals surface area (Å²) in [5.74, 6) is 1.02. The van der Waals surface area contributed by atoms with Crippen LogP contribution in [-0.4, -0.2) is 42.5 Å². The highest BCUT2D eigenvalue weighted by Crippen LogP contribution is 2.20. The highest BCUT2D eigenvalue weighted by Gasteiger charge is 2.30. The number of carbonyl (C=O) groups excluding carboxylic acids is 2. The van der Waals surface area contributed by atoms with Crippen molar-refractivity contribution in [1.82, 2.24) is 10.2 Å². The number of methoxy groups -OCH3 is 1. The monoisotopic (exact) mass is 452 g/mol. The van der Waals surface area contributed by atoms with Crippen LogP contribution in [0.2, 0.25) is 0 Å². The summed E-state index contributed by atoms with van der Waals surface area (Å²) < 4.78 is 10.9. The first-order valence-corrected chi connectivity index (χ1v) is 11.9. The second-order valence-electron chi connectivity index (χ2n) is 8.74. The Kier molecular flexibility index (Phi) is 9.16. The zero-order valence-corrected chi connectivity index (χ0v) is 20.0. The molecule has 1 fully saturated rings. The van der Waals surface area contributed by atoms with E-state index in [0.29, 0.717) is 18.7 Å².